The van der Waals surface area contributed by atoms with Gasteiger partial charge in [0, 0.05) is 36.7 Å². The van der Waals surface area contributed by atoms with Crippen LogP contribution in [0, 0.1) is 5.41 Å². The monoisotopic (exact) mass is 364 g/mol. The summed E-state index contributed by atoms with van der Waals surface area (Å²) in [5.41, 5.74) is 3.37. The lowest BCUT2D eigenvalue weighted by molar-refractivity contribution is -0.0664. The van der Waals surface area contributed by atoms with Gasteiger partial charge in [0.15, 0.2) is 0 Å². The molecule has 0 radical (unpaired) electrons. The number of rotatable bonds is 1. The van der Waals surface area contributed by atoms with Gasteiger partial charge in [0.2, 0.25) is 0 Å². The number of aryl methyl sites for hydroxylation is 1. The van der Waals surface area contributed by atoms with Gasteiger partial charge in [-0.2, -0.15) is 0 Å². The average Bonchev–Trinajstić information content (AvgIpc) is 2.87. The quantitative estimate of drug-likeness (QED) is 0.828. The summed E-state index contributed by atoms with van der Waals surface area (Å²) in [6.45, 7) is 3.69. The number of amides is 1. The molecule has 3 aliphatic rings. The van der Waals surface area contributed by atoms with Crippen molar-refractivity contribution in [2.45, 2.75) is 31.7 Å². The number of nitrogens with zero attached hydrogens (tertiary/aromatic N) is 2. The van der Waals surface area contributed by atoms with Gasteiger partial charge in [-0.15, -0.1) is 0 Å². The van der Waals surface area contributed by atoms with E-state index in [1.54, 1.807) is 4.90 Å². The van der Waals surface area contributed by atoms with Gasteiger partial charge in [-0.1, -0.05) is 22.0 Å². The second-order valence-corrected chi connectivity index (χ2v) is 7.99. The van der Waals surface area contributed by atoms with Crippen molar-refractivity contribution in [1.82, 2.24) is 9.80 Å². The van der Waals surface area contributed by atoms with Gasteiger partial charge >= 0.3 is 6.09 Å². The molecule has 0 bridgehead atoms. The first-order chi connectivity index (χ1) is 10.6. The number of hydrogen-bond acceptors (Lipinski definition) is 2. The van der Waals surface area contributed by atoms with E-state index in [2.05, 4.69) is 39.0 Å². The molecule has 0 saturated carbocycles. The Morgan fingerprint density at radius 2 is 2.00 bits per heavy atom. The Labute approximate surface area is 139 Å². The lowest BCUT2D eigenvalue weighted by atomic mass is 9.71. The third-order valence-corrected chi connectivity index (χ3v) is 6.26. The first-order valence-corrected chi connectivity index (χ1v) is 8.86. The summed E-state index contributed by atoms with van der Waals surface area (Å²) in [7, 11) is 0. The topological polar surface area (TPSA) is 43.8 Å². The maximum atomic E-state index is 11.0. The molecule has 5 heteroatoms. The SMILES string of the molecule is O=C(O)N1CCC2(CC1)CN([C@@H]1CCc3cc(Br)ccc31)C2. The molecule has 1 aliphatic carbocycles. The van der Waals surface area contributed by atoms with Crippen LogP contribution in [-0.2, 0) is 6.42 Å². The molecule has 1 aromatic carbocycles. The highest BCUT2D eigenvalue weighted by atomic mass is 79.9. The predicted octanol–water partition coefficient (Wildman–Crippen LogP) is 3.51. The number of carbonyl (C=O) groups is 1. The molecule has 4 rings (SSSR count). The van der Waals surface area contributed by atoms with Crippen molar-refractivity contribution in [2.75, 3.05) is 26.2 Å². The van der Waals surface area contributed by atoms with Crippen molar-refractivity contribution in [2.24, 2.45) is 5.41 Å². The summed E-state index contributed by atoms with van der Waals surface area (Å²) < 4.78 is 1.17. The van der Waals surface area contributed by atoms with E-state index < -0.39 is 6.09 Å². The Morgan fingerprint density at radius 1 is 1.27 bits per heavy atom. The molecule has 118 valence electrons. The number of benzene rings is 1. The van der Waals surface area contributed by atoms with E-state index >= 15 is 0 Å². The number of carboxylic acid groups (broad SMARTS) is 1. The van der Waals surface area contributed by atoms with Crippen LogP contribution in [0.1, 0.15) is 36.4 Å². The van der Waals surface area contributed by atoms with Gasteiger partial charge in [0.05, 0.1) is 0 Å². The zero-order chi connectivity index (χ0) is 15.3. The number of likely N-dealkylation sites (tertiary alicyclic amines) is 2. The fourth-order valence-corrected chi connectivity index (χ4v) is 4.88. The number of halogens is 1. The highest BCUT2D eigenvalue weighted by Crippen LogP contribution is 2.47. The molecule has 1 N–H and O–H groups in total. The van der Waals surface area contributed by atoms with E-state index in [-0.39, 0.29) is 0 Å². The molecule has 0 aromatic heterocycles. The maximum Gasteiger partial charge on any atom is 0.407 e. The van der Waals surface area contributed by atoms with E-state index in [1.807, 2.05) is 0 Å². The Balaban J connectivity index is 1.40. The molecule has 22 heavy (non-hydrogen) atoms. The molecular formula is C17H21BrN2O2. The zero-order valence-corrected chi connectivity index (χ0v) is 14.2. The molecule has 2 saturated heterocycles. The van der Waals surface area contributed by atoms with Crippen LogP contribution in [0.4, 0.5) is 4.79 Å². The Bertz CT molecular complexity index is 603. The lowest BCUT2D eigenvalue weighted by Gasteiger charge is -2.56. The highest BCUT2D eigenvalue weighted by molar-refractivity contribution is 9.10. The largest absolute Gasteiger partial charge is 0.465 e. The van der Waals surface area contributed by atoms with E-state index in [0.717, 1.165) is 25.9 Å². The summed E-state index contributed by atoms with van der Waals surface area (Å²) in [6, 6.07) is 7.26. The lowest BCUT2D eigenvalue weighted by Crippen LogP contribution is -2.61. The average molecular weight is 365 g/mol. The predicted molar refractivity (Wildman–Crippen MR) is 88.0 cm³/mol. The first-order valence-electron chi connectivity index (χ1n) is 8.07. The van der Waals surface area contributed by atoms with Crippen molar-refractivity contribution in [3.8, 4) is 0 Å². The van der Waals surface area contributed by atoms with E-state index in [4.69, 9.17) is 5.11 Å². The van der Waals surface area contributed by atoms with Crippen LogP contribution in [-0.4, -0.2) is 47.2 Å². The molecule has 1 atom stereocenters. The van der Waals surface area contributed by atoms with Crippen molar-refractivity contribution in [3.05, 3.63) is 33.8 Å². The third-order valence-electron chi connectivity index (χ3n) is 5.76. The molecule has 2 heterocycles. The van der Waals surface area contributed by atoms with Gasteiger partial charge in [-0.25, -0.2) is 4.79 Å². The smallest absolute Gasteiger partial charge is 0.407 e. The van der Waals surface area contributed by atoms with Gasteiger partial charge in [0.25, 0.3) is 0 Å². The van der Waals surface area contributed by atoms with E-state index in [0.29, 0.717) is 24.5 Å². The standard InChI is InChI=1S/C17H21BrN2O2/c18-13-2-3-14-12(9-13)1-4-15(14)20-10-17(11-20)5-7-19(8-6-17)16(21)22/h2-3,9,15H,1,4-8,10-11H2,(H,21,22)/t15-/m1/s1. The molecular weight excluding hydrogens is 344 g/mol. The first kappa shape index (κ1) is 14.5. The third kappa shape index (κ3) is 2.35. The minimum absolute atomic E-state index is 0.379. The second kappa shape index (κ2) is 5.24. The molecule has 4 nitrogen and oxygen atoms in total. The Morgan fingerprint density at radius 3 is 2.68 bits per heavy atom. The van der Waals surface area contributed by atoms with Crippen LogP contribution < -0.4 is 0 Å². The molecule has 2 aliphatic heterocycles. The summed E-state index contributed by atoms with van der Waals surface area (Å²) in [6.07, 6.45) is 3.69. The molecule has 2 fully saturated rings. The van der Waals surface area contributed by atoms with Crippen molar-refractivity contribution in [1.29, 1.82) is 0 Å². The van der Waals surface area contributed by atoms with Gasteiger partial charge in [-0.05, 0) is 54.4 Å². The summed E-state index contributed by atoms with van der Waals surface area (Å²) >= 11 is 3.56. The van der Waals surface area contributed by atoms with Crippen molar-refractivity contribution in [3.63, 3.8) is 0 Å². The molecule has 1 spiro atoms. The van der Waals surface area contributed by atoms with Crippen LogP contribution in [0.5, 0.6) is 0 Å². The molecule has 1 amide bonds. The van der Waals surface area contributed by atoms with Crippen LogP contribution in [0.2, 0.25) is 0 Å². The van der Waals surface area contributed by atoms with Crippen molar-refractivity contribution >= 4 is 22.0 Å². The second-order valence-electron chi connectivity index (χ2n) is 7.07. The zero-order valence-electron chi connectivity index (χ0n) is 12.6. The van der Waals surface area contributed by atoms with Gasteiger partial charge in [0.1, 0.15) is 0 Å². The maximum absolute atomic E-state index is 11.0. The number of piperidine rings is 1. The Hall–Kier alpha value is -1.07. The van der Waals surface area contributed by atoms with Crippen LogP contribution in [0.15, 0.2) is 22.7 Å². The van der Waals surface area contributed by atoms with Crippen LogP contribution >= 0.6 is 15.9 Å². The number of fused-ring (bicyclic) bond motifs is 1. The number of hydrogen-bond donors (Lipinski definition) is 1. The fraction of sp³-hybridized carbons (Fsp3) is 0.588. The normalized spacial score (nSPS) is 26.8. The summed E-state index contributed by atoms with van der Waals surface area (Å²) in [5.74, 6) is 0. The summed E-state index contributed by atoms with van der Waals surface area (Å²) in [5, 5.41) is 9.07. The van der Waals surface area contributed by atoms with Crippen molar-refractivity contribution < 1.29 is 9.90 Å². The Kier molecular flexibility index (Phi) is 3.46. The van der Waals surface area contributed by atoms with E-state index in [9.17, 15) is 4.79 Å². The fourth-order valence-electron chi connectivity index (χ4n) is 4.47. The highest BCUT2D eigenvalue weighted by Gasteiger charge is 2.48. The van der Waals surface area contributed by atoms with E-state index in [1.165, 1.54) is 28.4 Å². The van der Waals surface area contributed by atoms with Gasteiger partial charge in [-0.3, -0.25) is 4.90 Å². The van der Waals surface area contributed by atoms with Gasteiger partial charge < -0.3 is 10.0 Å². The van der Waals surface area contributed by atoms with Crippen LogP contribution in [0.25, 0.3) is 0 Å². The minimum Gasteiger partial charge on any atom is -0.465 e. The van der Waals surface area contributed by atoms with Crippen LogP contribution in [0.3, 0.4) is 0 Å². The molecule has 1 aromatic rings. The minimum atomic E-state index is -0.763. The summed E-state index contributed by atoms with van der Waals surface area (Å²) in [4.78, 5) is 15.2. The molecule has 0 unspecified atom stereocenters.